The van der Waals surface area contributed by atoms with Crippen LogP contribution >= 0.6 is 0 Å². The molecule has 2 aromatic carbocycles. The lowest BCUT2D eigenvalue weighted by Crippen LogP contribution is -2.31. The van der Waals surface area contributed by atoms with Crippen LogP contribution in [-0.4, -0.2) is 17.0 Å². The van der Waals surface area contributed by atoms with Gasteiger partial charge in [0.25, 0.3) is 0 Å². The number of carbonyl (C=O) groups excluding carboxylic acids is 1. The van der Waals surface area contributed by atoms with E-state index in [1.807, 2.05) is 6.07 Å². The van der Waals surface area contributed by atoms with E-state index in [-0.39, 0.29) is 30.5 Å². The van der Waals surface area contributed by atoms with E-state index in [2.05, 4.69) is 5.32 Å². The summed E-state index contributed by atoms with van der Waals surface area (Å²) in [6.45, 7) is 1.77. The van der Waals surface area contributed by atoms with Crippen molar-refractivity contribution in [2.45, 2.75) is 31.7 Å². The standard InChI is InChI=1S/C19H20FNO3/c1-13(15-9-5-6-10-16(15)20)11-18(22)21-17(12-19(23)24)14-7-3-2-4-8-14/h2-10,13,17H,11-12H2,1H3,(H,21,22)(H,23,24). The summed E-state index contributed by atoms with van der Waals surface area (Å²) >= 11 is 0. The van der Waals surface area contributed by atoms with Crippen molar-refractivity contribution in [3.8, 4) is 0 Å². The number of nitrogens with one attached hydrogen (secondary N) is 1. The molecule has 0 fully saturated rings. The average molecular weight is 329 g/mol. The molecule has 0 saturated heterocycles. The van der Waals surface area contributed by atoms with E-state index in [1.165, 1.54) is 6.07 Å². The molecule has 4 nitrogen and oxygen atoms in total. The van der Waals surface area contributed by atoms with E-state index in [9.17, 15) is 14.0 Å². The summed E-state index contributed by atoms with van der Waals surface area (Å²) in [5.41, 5.74) is 1.20. The molecule has 24 heavy (non-hydrogen) atoms. The summed E-state index contributed by atoms with van der Waals surface area (Å²) in [6.07, 6.45) is -0.117. The number of hydrogen-bond acceptors (Lipinski definition) is 2. The lowest BCUT2D eigenvalue weighted by molar-refractivity contribution is -0.137. The molecule has 0 aliphatic heterocycles. The number of benzene rings is 2. The Balaban J connectivity index is 2.05. The van der Waals surface area contributed by atoms with Crippen molar-refractivity contribution in [1.82, 2.24) is 5.32 Å². The van der Waals surface area contributed by atoms with Crippen molar-refractivity contribution < 1.29 is 19.1 Å². The molecule has 0 aromatic heterocycles. The molecule has 0 bridgehead atoms. The van der Waals surface area contributed by atoms with E-state index in [1.54, 1.807) is 49.4 Å². The zero-order chi connectivity index (χ0) is 17.5. The smallest absolute Gasteiger partial charge is 0.305 e. The minimum absolute atomic E-state index is 0.0872. The highest BCUT2D eigenvalue weighted by atomic mass is 19.1. The van der Waals surface area contributed by atoms with Gasteiger partial charge in [0.2, 0.25) is 5.91 Å². The monoisotopic (exact) mass is 329 g/mol. The summed E-state index contributed by atoms with van der Waals surface area (Å²) in [5, 5.41) is 11.8. The Hall–Kier alpha value is -2.69. The maximum absolute atomic E-state index is 13.8. The highest BCUT2D eigenvalue weighted by Gasteiger charge is 2.20. The molecule has 0 spiro atoms. The van der Waals surface area contributed by atoms with E-state index in [4.69, 9.17) is 5.11 Å². The van der Waals surface area contributed by atoms with Gasteiger partial charge in [-0.15, -0.1) is 0 Å². The molecule has 2 atom stereocenters. The van der Waals surface area contributed by atoms with E-state index in [0.29, 0.717) is 5.56 Å². The first-order valence-corrected chi connectivity index (χ1v) is 7.78. The SMILES string of the molecule is CC(CC(=O)NC(CC(=O)O)c1ccccc1)c1ccccc1F. The molecule has 0 aliphatic rings. The minimum Gasteiger partial charge on any atom is -0.481 e. The van der Waals surface area contributed by atoms with Gasteiger partial charge in [0.05, 0.1) is 12.5 Å². The van der Waals surface area contributed by atoms with Crippen LogP contribution in [0.4, 0.5) is 4.39 Å². The number of carboxylic acid groups (broad SMARTS) is 1. The molecule has 2 rings (SSSR count). The van der Waals surface area contributed by atoms with Crippen molar-refractivity contribution in [2.75, 3.05) is 0 Å². The Kier molecular flexibility index (Phi) is 6.07. The first kappa shape index (κ1) is 17.7. The molecule has 2 unspecified atom stereocenters. The normalized spacial score (nSPS) is 13.1. The second-order valence-electron chi connectivity index (χ2n) is 5.76. The van der Waals surface area contributed by atoms with Gasteiger partial charge in [-0.2, -0.15) is 0 Å². The van der Waals surface area contributed by atoms with Crippen LogP contribution < -0.4 is 5.32 Å². The summed E-state index contributed by atoms with van der Waals surface area (Å²) < 4.78 is 13.8. The molecule has 0 saturated carbocycles. The number of rotatable bonds is 7. The molecule has 0 aliphatic carbocycles. The number of amides is 1. The van der Waals surface area contributed by atoms with Gasteiger partial charge in [0, 0.05) is 6.42 Å². The van der Waals surface area contributed by atoms with Gasteiger partial charge in [-0.3, -0.25) is 9.59 Å². The van der Waals surface area contributed by atoms with Gasteiger partial charge < -0.3 is 10.4 Å². The zero-order valence-electron chi connectivity index (χ0n) is 13.4. The Morgan fingerprint density at radius 3 is 2.29 bits per heavy atom. The summed E-state index contributed by atoms with van der Waals surface area (Å²) in [7, 11) is 0. The number of aliphatic carboxylic acids is 1. The second kappa shape index (κ2) is 8.24. The molecule has 0 radical (unpaired) electrons. The van der Waals surface area contributed by atoms with Gasteiger partial charge in [-0.25, -0.2) is 4.39 Å². The lowest BCUT2D eigenvalue weighted by atomic mass is 9.96. The quantitative estimate of drug-likeness (QED) is 0.815. The number of hydrogen-bond donors (Lipinski definition) is 2. The molecular formula is C19H20FNO3. The third-order valence-electron chi connectivity index (χ3n) is 3.84. The maximum atomic E-state index is 13.8. The first-order valence-electron chi connectivity index (χ1n) is 7.78. The minimum atomic E-state index is -0.994. The van der Waals surface area contributed by atoms with Crippen molar-refractivity contribution in [3.63, 3.8) is 0 Å². The highest BCUT2D eigenvalue weighted by Crippen LogP contribution is 2.23. The predicted octanol–water partition coefficient (Wildman–Crippen LogP) is 3.65. The van der Waals surface area contributed by atoms with Crippen LogP contribution in [0.1, 0.15) is 42.9 Å². The molecule has 5 heteroatoms. The van der Waals surface area contributed by atoms with Gasteiger partial charge in [0.15, 0.2) is 0 Å². The van der Waals surface area contributed by atoms with Gasteiger partial charge in [-0.1, -0.05) is 55.5 Å². The largest absolute Gasteiger partial charge is 0.481 e. The Morgan fingerprint density at radius 2 is 1.67 bits per heavy atom. The fraction of sp³-hybridized carbons (Fsp3) is 0.263. The topological polar surface area (TPSA) is 66.4 Å². The van der Waals surface area contributed by atoms with E-state index in [0.717, 1.165) is 5.56 Å². The summed E-state index contributed by atoms with van der Waals surface area (Å²) in [4.78, 5) is 23.3. The van der Waals surface area contributed by atoms with Gasteiger partial charge in [0.1, 0.15) is 5.82 Å². The predicted molar refractivity (Wildman–Crippen MR) is 89.0 cm³/mol. The molecule has 1 amide bonds. The fourth-order valence-corrected chi connectivity index (χ4v) is 2.63. The van der Waals surface area contributed by atoms with Crippen LogP contribution in [0.5, 0.6) is 0 Å². The molecular weight excluding hydrogens is 309 g/mol. The summed E-state index contributed by atoms with van der Waals surface area (Å²) in [6, 6.07) is 14.7. The Morgan fingerprint density at radius 1 is 1.04 bits per heavy atom. The van der Waals surface area contributed by atoms with Crippen LogP contribution in [0.2, 0.25) is 0 Å². The van der Waals surface area contributed by atoms with Crippen molar-refractivity contribution in [3.05, 3.63) is 71.5 Å². The van der Waals surface area contributed by atoms with Crippen LogP contribution in [0.15, 0.2) is 54.6 Å². The zero-order valence-corrected chi connectivity index (χ0v) is 13.4. The highest BCUT2D eigenvalue weighted by molar-refractivity contribution is 5.78. The van der Waals surface area contributed by atoms with E-state index >= 15 is 0 Å². The van der Waals surface area contributed by atoms with Crippen molar-refractivity contribution >= 4 is 11.9 Å². The molecule has 2 aromatic rings. The fourth-order valence-electron chi connectivity index (χ4n) is 2.63. The van der Waals surface area contributed by atoms with Crippen LogP contribution in [0, 0.1) is 5.82 Å². The third kappa shape index (κ3) is 4.91. The number of carboxylic acids is 1. The molecule has 126 valence electrons. The van der Waals surface area contributed by atoms with Crippen LogP contribution in [-0.2, 0) is 9.59 Å². The second-order valence-corrected chi connectivity index (χ2v) is 5.76. The molecule has 0 heterocycles. The van der Waals surface area contributed by atoms with Crippen LogP contribution in [0.3, 0.4) is 0 Å². The Labute approximate surface area is 140 Å². The van der Waals surface area contributed by atoms with Gasteiger partial charge in [-0.05, 0) is 23.1 Å². The average Bonchev–Trinajstić information content (AvgIpc) is 2.55. The summed E-state index contributed by atoms with van der Waals surface area (Å²) in [5.74, 6) is -1.94. The Bertz CT molecular complexity index is 703. The lowest BCUT2D eigenvalue weighted by Gasteiger charge is -2.19. The van der Waals surface area contributed by atoms with Gasteiger partial charge >= 0.3 is 5.97 Å². The van der Waals surface area contributed by atoms with Crippen molar-refractivity contribution in [2.24, 2.45) is 0 Å². The van der Waals surface area contributed by atoms with E-state index < -0.39 is 12.0 Å². The maximum Gasteiger partial charge on any atom is 0.305 e. The third-order valence-corrected chi connectivity index (χ3v) is 3.84. The van der Waals surface area contributed by atoms with Crippen molar-refractivity contribution in [1.29, 1.82) is 0 Å². The van der Waals surface area contributed by atoms with Crippen LogP contribution in [0.25, 0.3) is 0 Å². The first-order chi connectivity index (χ1) is 11.5. The molecule has 2 N–H and O–H groups in total. The number of carbonyl (C=O) groups is 2. The number of halogens is 1.